The molecule has 0 amide bonds. The number of halogens is 6. The fraction of sp³-hybridized carbons (Fsp3) is 0.125. The SMILES string of the molecule is O=S(=O)(NC(c1c[nH]c2cc(F)cc(Cl)c12)C(Cl)(Cl)Cl)c1ccc(Cl)cc1. The van der Waals surface area contributed by atoms with Crippen molar-refractivity contribution in [3.8, 4) is 0 Å². The highest BCUT2D eigenvalue weighted by Gasteiger charge is 2.39. The molecule has 11 heteroatoms. The van der Waals surface area contributed by atoms with Gasteiger partial charge in [0.2, 0.25) is 13.8 Å². The third-order valence-electron chi connectivity index (χ3n) is 3.76. The Morgan fingerprint density at radius 2 is 1.70 bits per heavy atom. The molecule has 1 atom stereocenters. The van der Waals surface area contributed by atoms with E-state index >= 15 is 0 Å². The van der Waals surface area contributed by atoms with Gasteiger partial charge in [-0.1, -0.05) is 58.0 Å². The van der Waals surface area contributed by atoms with Gasteiger partial charge in [-0.05, 0) is 36.4 Å². The van der Waals surface area contributed by atoms with Crippen LogP contribution in [0.15, 0.2) is 47.5 Å². The molecule has 1 unspecified atom stereocenters. The molecule has 3 rings (SSSR count). The molecule has 0 saturated heterocycles. The molecule has 0 spiro atoms. The molecule has 0 fully saturated rings. The Morgan fingerprint density at radius 1 is 1.07 bits per heavy atom. The summed E-state index contributed by atoms with van der Waals surface area (Å²) in [4.78, 5) is 2.74. The van der Waals surface area contributed by atoms with Crippen LogP contribution in [0.5, 0.6) is 0 Å². The first-order valence-corrected chi connectivity index (χ1v) is 10.7. The van der Waals surface area contributed by atoms with Gasteiger partial charge >= 0.3 is 0 Å². The molecule has 0 bridgehead atoms. The molecule has 0 radical (unpaired) electrons. The van der Waals surface area contributed by atoms with Crippen LogP contribution in [0.4, 0.5) is 4.39 Å². The molecule has 0 aliphatic carbocycles. The van der Waals surface area contributed by atoms with Crippen molar-refractivity contribution in [2.24, 2.45) is 0 Å². The zero-order valence-electron chi connectivity index (χ0n) is 13.1. The average molecular weight is 491 g/mol. The van der Waals surface area contributed by atoms with E-state index < -0.39 is 25.7 Å². The zero-order chi connectivity index (χ0) is 20.0. The van der Waals surface area contributed by atoms with Crippen molar-refractivity contribution in [1.29, 1.82) is 0 Å². The fourth-order valence-corrected chi connectivity index (χ4v) is 4.98. The summed E-state index contributed by atoms with van der Waals surface area (Å²) in [7, 11) is -4.07. The molecular weight excluding hydrogens is 481 g/mol. The molecule has 4 nitrogen and oxygen atoms in total. The first-order valence-electron chi connectivity index (χ1n) is 7.29. The van der Waals surface area contributed by atoms with Gasteiger partial charge in [0.15, 0.2) is 0 Å². The Kier molecular flexibility index (Phi) is 5.90. The predicted molar refractivity (Wildman–Crippen MR) is 108 cm³/mol. The maximum Gasteiger partial charge on any atom is 0.241 e. The van der Waals surface area contributed by atoms with Crippen molar-refractivity contribution >= 4 is 78.9 Å². The summed E-state index contributed by atoms with van der Waals surface area (Å²) in [6.45, 7) is 0. The summed E-state index contributed by atoms with van der Waals surface area (Å²) in [6.07, 6.45) is 1.41. The number of aromatic amines is 1. The molecule has 0 aliphatic heterocycles. The van der Waals surface area contributed by atoms with Gasteiger partial charge in [-0.3, -0.25) is 0 Å². The Morgan fingerprint density at radius 3 is 2.30 bits per heavy atom. The Labute approximate surface area is 179 Å². The monoisotopic (exact) mass is 488 g/mol. The highest BCUT2D eigenvalue weighted by molar-refractivity contribution is 7.89. The number of hydrogen-bond acceptors (Lipinski definition) is 2. The van der Waals surface area contributed by atoms with E-state index in [4.69, 9.17) is 58.0 Å². The topological polar surface area (TPSA) is 62.0 Å². The van der Waals surface area contributed by atoms with E-state index in [0.717, 1.165) is 6.07 Å². The van der Waals surface area contributed by atoms with Crippen LogP contribution in [-0.2, 0) is 10.0 Å². The van der Waals surface area contributed by atoms with E-state index in [1.165, 1.54) is 36.5 Å². The lowest BCUT2D eigenvalue weighted by atomic mass is 10.1. The minimum atomic E-state index is -4.07. The molecule has 1 heterocycles. The van der Waals surface area contributed by atoms with Crippen molar-refractivity contribution < 1.29 is 12.8 Å². The fourth-order valence-electron chi connectivity index (χ4n) is 2.58. The lowest BCUT2D eigenvalue weighted by Gasteiger charge is -2.25. The molecule has 2 aromatic carbocycles. The third kappa shape index (κ3) is 4.48. The maximum atomic E-state index is 13.6. The van der Waals surface area contributed by atoms with Gasteiger partial charge in [0, 0.05) is 22.2 Å². The van der Waals surface area contributed by atoms with E-state index in [1.54, 1.807) is 0 Å². The highest BCUT2D eigenvalue weighted by Crippen LogP contribution is 2.44. The maximum absolute atomic E-state index is 13.6. The number of H-pyrrole nitrogens is 1. The number of nitrogens with one attached hydrogen (secondary N) is 2. The quantitative estimate of drug-likeness (QED) is 0.441. The minimum Gasteiger partial charge on any atom is -0.361 e. The van der Waals surface area contributed by atoms with Crippen molar-refractivity contribution in [2.45, 2.75) is 14.7 Å². The lowest BCUT2D eigenvalue weighted by molar-refractivity contribution is 0.559. The van der Waals surface area contributed by atoms with Gasteiger partial charge in [0.05, 0.1) is 21.5 Å². The average Bonchev–Trinajstić information content (AvgIpc) is 2.95. The highest BCUT2D eigenvalue weighted by atomic mass is 35.6. The first kappa shape index (κ1) is 21.0. The van der Waals surface area contributed by atoms with Crippen LogP contribution >= 0.6 is 58.0 Å². The molecule has 2 N–H and O–H groups in total. The molecule has 0 aliphatic rings. The second-order valence-corrected chi connectivity index (χ2v) is 10.5. The van der Waals surface area contributed by atoms with Crippen LogP contribution in [0, 0.1) is 5.82 Å². The number of benzene rings is 2. The van der Waals surface area contributed by atoms with Crippen LogP contribution in [0.25, 0.3) is 10.9 Å². The zero-order valence-corrected chi connectivity index (χ0v) is 17.7. The predicted octanol–water partition coefficient (Wildman–Crippen LogP) is 6.00. The molecular formula is C16H10Cl5FN2O2S. The first-order chi connectivity index (χ1) is 12.5. The third-order valence-corrected chi connectivity index (χ3v) is 6.41. The summed E-state index contributed by atoms with van der Waals surface area (Å²) in [5, 5.41) is 0.761. The summed E-state index contributed by atoms with van der Waals surface area (Å²) >= 11 is 30.1. The Bertz CT molecular complexity index is 1090. The van der Waals surface area contributed by atoms with E-state index in [0.29, 0.717) is 15.9 Å². The van der Waals surface area contributed by atoms with E-state index in [9.17, 15) is 12.8 Å². The number of rotatable bonds is 4. The number of hydrogen-bond donors (Lipinski definition) is 2. The van der Waals surface area contributed by atoms with Gasteiger partial charge in [0.25, 0.3) is 0 Å². The van der Waals surface area contributed by atoms with Crippen LogP contribution in [0.2, 0.25) is 10.0 Å². The summed E-state index contributed by atoms with van der Waals surface area (Å²) in [5.74, 6) is -0.562. The lowest BCUT2D eigenvalue weighted by Crippen LogP contribution is -2.36. The normalized spacial score (nSPS) is 13.9. The summed E-state index contributed by atoms with van der Waals surface area (Å²) in [6, 6.07) is 6.46. The largest absolute Gasteiger partial charge is 0.361 e. The Hall–Kier alpha value is -0.730. The van der Waals surface area contributed by atoms with Gasteiger partial charge in [-0.2, -0.15) is 4.72 Å². The van der Waals surface area contributed by atoms with Crippen LogP contribution in [-0.4, -0.2) is 17.2 Å². The van der Waals surface area contributed by atoms with Gasteiger partial charge in [-0.15, -0.1) is 0 Å². The van der Waals surface area contributed by atoms with Gasteiger partial charge in [0.1, 0.15) is 5.82 Å². The van der Waals surface area contributed by atoms with Crippen LogP contribution in [0.1, 0.15) is 11.6 Å². The van der Waals surface area contributed by atoms with Crippen molar-refractivity contribution in [1.82, 2.24) is 9.71 Å². The van der Waals surface area contributed by atoms with Crippen LogP contribution < -0.4 is 4.72 Å². The number of fused-ring (bicyclic) bond motifs is 1. The van der Waals surface area contributed by atoms with E-state index in [-0.39, 0.29) is 15.5 Å². The van der Waals surface area contributed by atoms with Gasteiger partial charge in [-0.25, -0.2) is 12.8 Å². The smallest absolute Gasteiger partial charge is 0.241 e. The second kappa shape index (κ2) is 7.59. The summed E-state index contributed by atoms with van der Waals surface area (Å²) < 4.78 is 39.3. The molecule has 144 valence electrons. The van der Waals surface area contributed by atoms with E-state index in [1.807, 2.05) is 0 Å². The van der Waals surface area contributed by atoms with Gasteiger partial charge < -0.3 is 4.98 Å². The number of alkyl halides is 3. The number of sulfonamides is 1. The standard InChI is InChI=1S/C16H10Cl5FN2O2S/c17-8-1-3-10(4-2-8)27(25,26)24-15(16(19,20)21)11-7-23-13-6-9(22)5-12(18)14(11)13/h1-7,15,23-24H. The molecule has 0 saturated carbocycles. The molecule has 1 aromatic heterocycles. The van der Waals surface area contributed by atoms with Crippen molar-refractivity contribution in [3.63, 3.8) is 0 Å². The number of aromatic nitrogens is 1. The van der Waals surface area contributed by atoms with Crippen molar-refractivity contribution in [3.05, 3.63) is 64.0 Å². The van der Waals surface area contributed by atoms with Crippen molar-refractivity contribution in [2.75, 3.05) is 0 Å². The van der Waals surface area contributed by atoms with E-state index in [2.05, 4.69) is 9.71 Å². The summed E-state index contributed by atoms with van der Waals surface area (Å²) in [5.41, 5.74) is 0.590. The molecule has 3 aromatic rings. The Balaban J connectivity index is 2.10. The molecule has 27 heavy (non-hydrogen) atoms. The minimum absolute atomic E-state index is 0.0474. The van der Waals surface area contributed by atoms with Crippen LogP contribution in [0.3, 0.4) is 0 Å². The second-order valence-electron chi connectivity index (χ2n) is 5.60.